The normalized spacial score (nSPS) is 34.3. The SMILES string of the molecule is CC(I)C1COC2(CCCCC2)OO1. The minimum atomic E-state index is -0.403. The summed E-state index contributed by atoms with van der Waals surface area (Å²) in [5.74, 6) is -0.403. The van der Waals surface area contributed by atoms with Crippen molar-refractivity contribution in [3.63, 3.8) is 0 Å². The van der Waals surface area contributed by atoms with E-state index in [1.54, 1.807) is 0 Å². The van der Waals surface area contributed by atoms with Gasteiger partial charge in [-0.1, -0.05) is 35.9 Å². The van der Waals surface area contributed by atoms with E-state index in [2.05, 4.69) is 29.5 Å². The zero-order valence-electron chi connectivity index (χ0n) is 8.50. The van der Waals surface area contributed by atoms with E-state index in [0.717, 1.165) is 12.8 Å². The maximum atomic E-state index is 5.83. The number of ether oxygens (including phenoxy) is 1. The molecular formula is C10H17IO3. The molecule has 2 rings (SSSR count). The lowest BCUT2D eigenvalue weighted by atomic mass is 9.94. The molecule has 0 bridgehead atoms. The van der Waals surface area contributed by atoms with Gasteiger partial charge < -0.3 is 4.74 Å². The second-order valence-corrected chi connectivity index (χ2v) is 6.14. The molecule has 2 atom stereocenters. The average molecular weight is 312 g/mol. The summed E-state index contributed by atoms with van der Waals surface area (Å²) < 4.78 is 6.25. The molecule has 0 radical (unpaired) electrons. The van der Waals surface area contributed by atoms with E-state index >= 15 is 0 Å². The number of alkyl halides is 1. The van der Waals surface area contributed by atoms with E-state index in [4.69, 9.17) is 14.5 Å². The summed E-state index contributed by atoms with van der Waals surface area (Å²) in [6, 6.07) is 0. The van der Waals surface area contributed by atoms with Crippen LogP contribution in [0.15, 0.2) is 0 Å². The molecule has 3 nitrogen and oxygen atoms in total. The quantitative estimate of drug-likeness (QED) is 0.423. The summed E-state index contributed by atoms with van der Waals surface area (Å²) >= 11 is 2.34. The lowest BCUT2D eigenvalue weighted by Crippen LogP contribution is -2.48. The van der Waals surface area contributed by atoms with Crippen molar-refractivity contribution in [3.8, 4) is 0 Å². The van der Waals surface area contributed by atoms with E-state index in [-0.39, 0.29) is 6.10 Å². The van der Waals surface area contributed by atoms with Crippen LogP contribution in [0, 0.1) is 0 Å². The molecule has 1 saturated carbocycles. The minimum Gasteiger partial charge on any atom is -0.344 e. The molecular weight excluding hydrogens is 295 g/mol. The number of hydrogen-bond donors (Lipinski definition) is 0. The molecule has 2 aliphatic rings. The van der Waals surface area contributed by atoms with Crippen LogP contribution in [-0.2, 0) is 14.5 Å². The monoisotopic (exact) mass is 312 g/mol. The molecule has 2 fully saturated rings. The average Bonchev–Trinajstić information content (AvgIpc) is 2.19. The third-order valence-electron chi connectivity index (χ3n) is 2.96. The zero-order chi connectivity index (χ0) is 10.0. The van der Waals surface area contributed by atoms with Crippen LogP contribution in [0.25, 0.3) is 0 Å². The Hall–Kier alpha value is 0.610. The largest absolute Gasteiger partial charge is 0.344 e. The predicted molar refractivity (Wildman–Crippen MR) is 61.2 cm³/mol. The van der Waals surface area contributed by atoms with Crippen LogP contribution in [0.5, 0.6) is 0 Å². The molecule has 1 saturated heterocycles. The molecule has 1 aliphatic heterocycles. The van der Waals surface area contributed by atoms with Crippen LogP contribution in [0.4, 0.5) is 0 Å². The summed E-state index contributed by atoms with van der Waals surface area (Å²) in [7, 11) is 0. The van der Waals surface area contributed by atoms with Gasteiger partial charge in [0.2, 0.25) is 5.79 Å². The summed E-state index contributed by atoms with van der Waals surface area (Å²) in [4.78, 5) is 10.9. The van der Waals surface area contributed by atoms with Gasteiger partial charge in [-0.3, -0.25) is 0 Å². The Bertz CT molecular complexity index is 180. The second kappa shape index (κ2) is 4.63. The lowest BCUT2D eigenvalue weighted by Gasteiger charge is -2.41. The van der Waals surface area contributed by atoms with Crippen LogP contribution in [0.2, 0.25) is 0 Å². The Balaban J connectivity index is 1.87. The van der Waals surface area contributed by atoms with Gasteiger partial charge in [0.15, 0.2) is 0 Å². The third kappa shape index (κ3) is 2.40. The van der Waals surface area contributed by atoms with Crippen LogP contribution in [-0.4, -0.2) is 22.4 Å². The summed E-state index contributed by atoms with van der Waals surface area (Å²) in [6.07, 6.45) is 5.72. The topological polar surface area (TPSA) is 27.7 Å². The Kier molecular flexibility index (Phi) is 3.68. The molecule has 0 aromatic carbocycles. The molecule has 82 valence electrons. The summed E-state index contributed by atoms with van der Waals surface area (Å²) in [5.41, 5.74) is 0. The molecule has 4 heteroatoms. The van der Waals surface area contributed by atoms with Gasteiger partial charge in [-0.25, -0.2) is 9.78 Å². The van der Waals surface area contributed by atoms with Crippen molar-refractivity contribution in [3.05, 3.63) is 0 Å². The molecule has 1 aliphatic carbocycles. The number of rotatable bonds is 1. The molecule has 0 N–H and O–H groups in total. The highest BCUT2D eigenvalue weighted by Gasteiger charge is 2.41. The Morgan fingerprint density at radius 1 is 1.29 bits per heavy atom. The van der Waals surface area contributed by atoms with Crippen LogP contribution >= 0.6 is 22.6 Å². The van der Waals surface area contributed by atoms with Gasteiger partial charge in [-0.2, -0.15) is 0 Å². The number of halogens is 1. The van der Waals surface area contributed by atoms with E-state index in [1.165, 1.54) is 19.3 Å². The maximum Gasteiger partial charge on any atom is 0.201 e. The fourth-order valence-corrected chi connectivity index (χ4v) is 2.29. The Morgan fingerprint density at radius 3 is 2.50 bits per heavy atom. The van der Waals surface area contributed by atoms with Gasteiger partial charge in [0.05, 0.1) is 6.61 Å². The van der Waals surface area contributed by atoms with E-state index in [0.29, 0.717) is 10.5 Å². The minimum absolute atomic E-state index is 0.0863. The van der Waals surface area contributed by atoms with Crippen molar-refractivity contribution >= 4 is 22.6 Å². The van der Waals surface area contributed by atoms with Crippen molar-refractivity contribution in [1.29, 1.82) is 0 Å². The smallest absolute Gasteiger partial charge is 0.201 e. The van der Waals surface area contributed by atoms with Gasteiger partial charge in [-0.05, 0) is 12.8 Å². The first-order valence-electron chi connectivity index (χ1n) is 5.34. The van der Waals surface area contributed by atoms with Gasteiger partial charge in [0.25, 0.3) is 0 Å². The Morgan fingerprint density at radius 2 is 2.00 bits per heavy atom. The van der Waals surface area contributed by atoms with E-state index in [9.17, 15) is 0 Å². The first-order valence-corrected chi connectivity index (χ1v) is 6.59. The van der Waals surface area contributed by atoms with E-state index in [1.807, 2.05) is 0 Å². The molecule has 0 amide bonds. The fraction of sp³-hybridized carbons (Fsp3) is 1.00. The van der Waals surface area contributed by atoms with Crippen molar-refractivity contribution in [1.82, 2.24) is 0 Å². The van der Waals surface area contributed by atoms with Crippen LogP contribution in [0.3, 0.4) is 0 Å². The predicted octanol–water partition coefficient (Wildman–Crippen LogP) is 2.82. The van der Waals surface area contributed by atoms with E-state index < -0.39 is 5.79 Å². The lowest BCUT2D eigenvalue weighted by molar-refractivity contribution is -0.490. The van der Waals surface area contributed by atoms with Gasteiger partial charge >= 0.3 is 0 Å². The van der Waals surface area contributed by atoms with Crippen molar-refractivity contribution in [2.45, 2.75) is 54.8 Å². The van der Waals surface area contributed by atoms with Crippen molar-refractivity contribution in [2.75, 3.05) is 6.61 Å². The van der Waals surface area contributed by atoms with Crippen molar-refractivity contribution < 1.29 is 14.5 Å². The summed E-state index contributed by atoms with van der Waals surface area (Å²) in [5, 5.41) is 0. The highest BCUT2D eigenvalue weighted by atomic mass is 127. The second-order valence-electron chi connectivity index (χ2n) is 4.18. The molecule has 0 aromatic rings. The van der Waals surface area contributed by atoms with Crippen molar-refractivity contribution in [2.24, 2.45) is 0 Å². The highest BCUT2D eigenvalue weighted by molar-refractivity contribution is 14.1. The maximum absolute atomic E-state index is 5.83. The standard InChI is InChI=1S/C10H17IO3/c1-8(11)9-7-12-10(14-13-9)5-3-2-4-6-10/h8-9H,2-7H2,1H3. The Labute approximate surface area is 98.5 Å². The molecule has 0 aromatic heterocycles. The molecule has 14 heavy (non-hydrogen) atoms. The third-order valence-corrected chi connectivity index (χ3v) is 3.76. The molecule has 1 heterocycles. The van der Waals surface area contributed by atoms with Crippen LogP contribution in [0.1, 0.15) is 39.0 Å². The van der Waals surface area contributed by atoms with Gasteiger partial charge in [-0.15, -0.1) is 0 Å². The van der Waals surface area contributed by atoms with Gasteiger partial charge in [0.1, 0.15) is 6.10 Å². The number of hydrogen-bond acceptors (Lipinski definition) is 3. The summed E-state index contributed by atoms with van der Waals surface area (Å²) in [6.45, 7) is 2.78. The first kappa shape index (κ1) is 11.1. The molecule has 1 spiro atoms. The molecule has 2 unspecified atom stereocenters. The fourth-order valence-electron chi connectivity index (χ4n) is 1.96. The van der Waals surface area contributed by atoms with Gasteiger partial charge in [0, 0.05) is 16.8 Å². The highest BCUT2D eigenvalue weighted by Crippen LogP contribution is 2.36. The zero-order valence-corrected chi connectivity index (χ0v) is 10.7. The first-order chi connectivity index (χ1) is 6.72. The van der Waals surface area contributed by atoms with Crippen LogP contribution < -0.4 is 0 Å².